The standard InChI is InChI=1S/C24H24Cl2N4O6S/c25-14-11-15(26)13-18(12-14)36-17-5-7-19(8-6-17)37(34,35)29-10-9-20-21(22(29)23(31)28-33)24(32)30(27-20)16-3-1-2-4-16/h5-8,11-13,16,22,27,33H,1-4,9-10H2,(H,28,31). The first kappa shape index (κ1) is 25.8. The number of fused-ring (bicyclic) bond motifs is 1. The molecule has 3 aromatic rings. The number of nitrogens with one attached hydrogen (secondary N) is 2. The van der Waals surface area contributed by atoms with Crippen LogP contribution in [0.4, 0.5) is 0 Å². The minimum Gasteiger partial charge on any atom is -0.457 e. The molecular formula is C24H24Cl2N4O6S. The van der Waals surface area contributed by atoms with Gasteiger partial charge in [-0.2, -0.15) is 4.31 Å². The molecule has 5 rings (SSSR count). The smallest absolute Gasteiger partial charge is 0.272 e. The van der Waals surface area contributed by atoms with Crippen molar-refractivity contribution in [1.82, 2.24) is 19.6 Å². The Hall–Kier alpha value is -2.83. The van der Waals surface area contributed by atoms with Gasteiger partial charge in [-0.05, 0) is 55.3 Å². The lowest BCUT2D eigenvalue weighted by molar-refractivity contribution is -0.133. The number of benzene rings is 2. The van der Waals surface area contributed by atoms with E-state index in [9.17, 15) is 23.2 Å². The number of ether oxygens (including phenoxy) is 1. The highest BCUT2D eigenvalue weighted by Gasteiger charge is 2.44. The van der Waals surface area contributed by atoms with Gasteiger partial charge in [0.15, 0.2) is 0 Å². The number of H-pyrrole nitrogens is 1. The van der Waals surface area contributed by atoms with Crippen molar-refractivity contribution in [3.8, 4) is 11.5 Å². The minimum absolute atomic E-state index is 0.0251. The normalized spacial score (nSPS) is 18.5. The molecule has 2 aliphatic rings. The summed E-state index contributed by atoms with van der Waals surface area (Å²) in [5.74, 6) is -0.285. The third kappa shape index (κ3) is 4.89. The lowest BCUT2D eigenvalue weighted by Gasteiger charge is -2.32. The number of carbonyl (C=O) groups is 1. The number of hydrogen-bond acceptors (Lipinski definition) is 6. The highest BCUT2D eigenvalue weighted by molar-refractivity contribution is 7.89. The van der Waals surface area contributed by atoms with E-state index in [1.807, 2.05) is 0 Å². The van der Waals surface area contributed by atoms with Crippen LogP contribution in [0.3, 0.4) is 0 Å². The van der Waals surface area contributed by atoms with Crippen LogP contribution in [-0.2, 0) is 21.2 Å². The molecule has 1 aliphatic carbocycles. The van der Waals surface area contributed by atoms with Crippen LogP contribution in [0.1, 0.15) is 49.0 Å². The summed E-state index contributed by atoms with van der Waals surface area (Å²) in [7, 11) is -4.24. The van der Waals surface area contributed by atoms with Gasteiger partial charge in [-0.15, -0.1) is 0 Å². The largest absolute Gasteiger partial charge is 0.457 e. The zero-order valence-corrected chi connectivity index (χ0v) is 21.8. The fourth-order valence-corrected chi connectivity index (χ4v) is 7.09. The van der Waals surface area contributed by atoms with Crippen LogP contribution >= 0.6 is 23.2 Å². The second-order valence-electron chi connectivity index (χ2n) is 9.04. The van der Waals surface area contributed by atoms with Crippen LogP contribution in [0.25, 0.3) is 0 Å². The number of rotatable bonds is 6. The molecule has 2 aromatic carbocycles. The molecule has 1 fully saturated rings. The molecule has 0 saturated heterocycles. The van der Waals surface area contributed by atoms with E-state index in [1.165, 1.54) is 34.4 Å². The highest BCUT2D eigenvalue weighted by Crippen LogP contribution is 2.35. The van der Waals surface area contributed by atoms with Gasteiger partial charge in [0.05, 0.1) is 16.5 Å². The van der Waals surface area contributed by atoms with Crippen molar-refractivity contribution >= 4 is 39.1 Å². The second kappa shape index (κ2) is 10.1. The molecule has 0 spiro atoms. The SMILES string of the molecule is O=C(NO)C1c2c([nH]n(C3CCCC3)c2=O)CCN1S(=O)(=O)c1ccc(Oc2cc(Cl)cc(Cl)c2)cc1. The number of hydroxylamine groups is 1. The first-order valence-corrected chi connectivity index (χ1v) is 13.9. The molecule has 10 nitrogen and oxygen atoms in total. The van der Waals surface area contributed by atoms with Gasteiger partial charge in [-0.3, -0.25) is 19.9 Å². The quantitative estimate of drug-likeness (QED) is 0.302. The number of hydrogen-bond donors (Lipinski definition) is 3. The van der Waals surface area contributed by atoms with Crippen molar-refractivity contribution in [1.29, 1.82) is 0 Å². The molecule has 0 bridgehead atoms. The van der Waals surface area contributed by atoms with Crippen LogP contribution in [0, 0.1) is 0 Å². The number of sulfonamides is 1. The van der Waals surface area contributed by atoms with Crippen LogP contribution < -0.4 is 15.8 Å². The van der Waals surface area contributed by atoms with Gasteiger partial charge in [0.25, 0.3) is 11.5 Å². The Kier molecular flexibility index (Phi) is 7.08. The van der Waals surface area contributed by atoms with Crippen LogP contribution in [0.2, 0.25) is 10.0 Å². The maximum atomic E-state index is 13.6. The Labute approximate surface area is 222 Å². The van der Waals surface area contributed by atoms with Gasteiger partial charge in [-0.25, -0.2) is 18.6 Å². The maximum Gasteiger partial charge on any atom is 0.272 e. The Balaban J connectivity index is 1.46. The molecule has 0 radical (unpaired) electrons. The lowest BCUT2D eigenvalue weighted by atomic mass is 10.0. The molecule has 1 aliphatic heterocycles. The summed E-state index contributed by atoms with van der Waals surface area (Å²) in [6.45, 7) is -0.0582. The number of aromatic nitrogens is 2. The molecule has 1 atom stereocenters. The fourth-order valence-electron chi connectivity index (χ4n) is 5.02. The van der Waals surface area contributed by atoms with Crippen LogP contribution in [0.15, 0.2) is 52.2 Å². The van der Waals surface area contributed by atoms with Gasteiger partial charge >= 0.3 is 0 Å². The first-order chi connectivity index (χ1) is 17.7. The van der Waals surface area contributed by atoms with Crippen molar-refractivity contribution in [3.63, 3.8) is 0 Å². The molecule has 13 heteroatoms. The fraction of sp³-hybridized carbons (Fsp3) is 0.333. The number of amides is 1. The topological polar surface area (TPSA) is 134 Å². The third-order valence-corrected chi connectivity index (χ3v) is 9.04. The molecule has 1 amide bonds. The van der Waals surface area contributed by atoms with Crippen LogP contribution in [0.5, 0.6) is 11.5 Å². The average molecular weight is 567 g/mol. The first-order valence-electron chi connectivity index (χ1n) is 11.7. The van der Waals surface area contributed by atoms with E-state index in [2.05, 4.69) is 5.10 Å². The average Bonchev–Trinajstić information content (AvgIpc) is 3.51. The third-order valence-electron chi connectivity index (χ3n) is 6.72. The zero-order valence-electron chi connectivity index (χ0n) is 19.5. The molecule has 2 heterocycles. The van der Waals surface area contributed by atoms with Gasteiger partial charge < -0.3 is 4.74 Å². The van der Waals surface area contributed by atoms with E-state index in [-0.39, 0.29) is 29.5 Å². The predicted molar refractivity (Wildman–Crippen MR) is 136 cm³/mol. The van der Waals surface area contributed by atoms with E-state index in [1.54, 1.807) is 18.2 Å². The highest BCUT2D eigenvalue weighted by atomic mass is 35.5. The Bertz CT molecular complexity index is 1480. The number of carbonyl (C=O) groups excluding carboxylic acids is 1. The van der Waals surface area contributed by atoms with Crippen LogP contribution in [-0.4, -0.2) is 40.2 Å². The Morgan fingerprint density at radius 2 is 1.70 bits per heavy atom. The summed E-state index contributed by atoms with van der Waals surface area (Å²) in [5.41, 5.74) is 1.62. The summed E-state index contributed by atoms with van der Waals surface area (Å²) in [5, 5.41) is 13.3. The summed E-state index contributed by atoms with van der Waals surface area (Å²) >= 11 is 12.0. The van der Waals surface area contributed by atoms with E-state index < -0.39 is 27.5 Å². The number of nitrogens with zero attached hydrogens (tertiary/aromatic N) is 2. The maximum absolute atomic E-state index is 13.6. The zero-order chi connectivity index (χ0) is 26.3. The van der Waals surface area contributed by atoms with E-state index in [4.69, 9.17) is 27.9 Å². The monoisotopic (exact) mass is 566 g/mol. The Morgan fingerprint density at radius 3 is 2.32 bits per heavy atom. The van der Waals surface area contributed by atoms with E-state index in [0.717, 1.165) is 30.0 Å². The molecule has 37 heavy (non-hydrogen) atoms. The van der Waals surface area contributed by atoms with Gasteiger partial charge in [0.1, 0.15) is 17.5 Å². The van der Waals surface area contributed by atoms with Gasteiger partial charge in [0.2, 0.25) is 10.0 Å². The molecule has 1 unspecified atom stereocenters. The second-order valence-corrected chi connectivity index (χ2v) is 11.8. The molecule has 1 aromatic heterocycles. The van der Waals surface area contributed by atoms with Gasteiger partial charge in [-0.1, -0.05) is 36.0 Å². The molecule has 196 valence electrons. The summed E-state index contributed by atoms with van der Waals surface area (Å²) < 4.78 is 35.4. The minimum atomic E-state index is -4.24. The van der Waals surface area contributed by atoms with E-state index >= 15 is 0 Å². The number of aromatic amines is 1. The molecular weight excluding hydrogens is 543 g/mol. The lowest BCUT2D eigenvalue weighted by Crippen LogP contribution is -2.48. The summed E-state index contributed by atoms with van der Waals surface area (Å²) in [4.78, 5) is 26.0. The summed E-state index contributed by atoms with van der Waals surface area (Å²) in [6.07, 6.45) is 3.86. The molecule has 1 saturated carbocycles. The van der Waals surface area contributed by atoms with Gasteiger partial charge in [0, 0.05) is 28.7 Å². The van der Waals surface area contributed by atoms with Crippen molar-refractivity contribution in [3.05, 3.63) is 74.1 Å². The summed E-state index contributed by atoms with van der Waals surface area (Å²) in [6, 6.07) is 8.75. The van der Waals surface area contributed by atoms with Crippen molar-refractivity contribution in [2.24, 2.45) is 0 Å². The van der Waals surface area contributed by atoms with Crippen molar-refractivity contribution < 1.29 is 23.2 Å². The Morgan fingerprint density at radius 1 is 1.05 bits per heavy atom. The van der Waals surface area contributed by atoms with E-state index in [0.29, 0.717) is 27.2 Å². The number of halogens is 2. The molecule has 3 N–H and O–H groups in total. The van der Waals surface area contributed by atoms with Crippen molar-refractivity contribution in [2.45, 2.75) is 49.1 Å². The predicted octanol–water partition coefficient (Wildman–Crippen LogP) is 4.18. The van der Waals surface area contributed by atoms with Crippen molar-refractivity contribution in [2.75, 3.05) is 6.54 Å².